The van der Waals surface area contributed by atoms with E-state index in [1.165, 1.54) is 0 Å². The first kappa shape index (κ1) is 18.7. The van der Waals surface area contributed by atoms with Crippen LogP contribution in [0.4, 0.5) is 0 Å². The highest BCUT2D eigenvalue weighted by Gasteiger charge is 2.17. The van der Waals surface area contributed by atoms with Gasteiger partial charge in [-0.3, -0.25) is 9.59 Å². The average molecular weight is 360 g/mol. The maximum Gasteiger partial charge on any atom is 0.325 e. The molecule has 0 saturated heterocycles. The van der Waals surface area contributed by atoms with Crippen LogP contribution in [0.15, 0.2) is 60.7 Å². The van der Waals surface area contributed by atoms with Crippen molar-refractivity contribution in [2.45, 2.75) is 25.7 Å². The summed E-state index contributed by atoms with van der Waals surface area (Å²) in [6.07, 6.45) is 0.876. The summed E-state index contributed by atoms with van der Waals surface area (Å²) in [5, 5.41) is 0. The van der Waals surface area contributed by atoms with Crippen LogP contribution in [0, 0.1) is 0 Å². The zero-order valence-electron chi connectivity index (χ0n) is 13.6. The lowest BCUT2D eigenvalue weighted by Crippen LogP contribution is -2.43. The van der Waals surface area contributed by atoms with E-state index in [4.69, 9.17) is 0 Å². The van der Waals surface area contributed by atoms with E-state index in [1.807, 2.05) is 70.1 Å². The van der Waals surface area contributed by atoms with Crippen LogP contribution in [-0.4, -0.2) is 20.2 Å². The Morgan fingerprint density at radius 3 is 1.40 bits per heavy atom. The summed E-state index contributed by atoms with van der Waals surface area (Å²) in [5.74, 6) is -1.32. The molecule has 0 heterocycles. The summed E-state index contributed by atoms with van der Waals surface area (Å²) in [7, 11) is -4.19. The molecule has 0 aliphatic carbocycles. The summed E-state index contributed by atoms with van der Waals surface area (Å²) >= 11 is 0. The molecule has 0 radical (unpaired) electrons. The Labute approximate surface area is 147 Å². The second-order valence-electron chi connectivity index (χ2n) is 5.53. The third-order valence-corrected chi connectivity index (χ3v) is 4.46. The van der Waals surface area contributed by atoms with Crippen LogP contribution in [0.1, 0.15) is 24.0 Å². The lowest BCUT2D eigenvalue weighted by Gasteiger charge is -2.08. The average Bonchev–Trinajstić information content (AvgIpc) is 2.59. The van der Waals surface area contributed by atoms with Gasteiger partial charge in [0.15, 0.2) is 0 Å². The summed E-state index contributed by atoms with van der Waals surface area (Å²) in [4.78, 5) is 23.5. The van der Waals surface area contributed by atoms with Crippen molar-refractivity contribution >= 4 is 22.0 Å². The maximum atomic E-state index is 11.8. The van der Waals surface area contributed by atoms with Gasteiger partial charge in [0.25, 0.3) is 0 Å². The monoisotopic (exact) mass is 360 g/mol. The fraction of sp³-hybridized carbons (Fsp3) is 0.222. The number of carbonyl (C=O) groups is 2. The third kappa shape index (κ3) is 7.17. The molecular formula is C18H20N2O4S. The normalized spacial score (nSPS) is 10.9. The van der Waals surface area contributed by atoms with E-state index in [2.05, 4.69) is 0 Å². The Bertz CT molecular complexity index is 742. The van der Waals surface area contributed by atoms with E-state index >= 15 is 0 Å². The molecule has 0 aliphatic heterocycles. The van der Waals surface area contributed by atoms with Gasteiger partial charge in [-0.15, -0.1) is 0 Å². The minimum atomic E-state index is -4.19. The molecule has 2 N–H and O–H groups in total. The summed E-state index contributed by atoms with van der Waals surface area (Å²) < 4.78 is 27.3. The number of carbonyl (C=O) groups excluding carboxylic acids is 2. The Kier molecular flexibility index (Phi) is 6.71. The maximum absolute atomic E-state index is 11.8. The molecule has 0 fully saturated rings. The van der Waals surface area contributed by atoms with E-state index in [9.17, 15) is 18.0 Å². The fourth-order valence-corrected chi connectivity index (χ4v) is 3.09. The second-order valence-corrected chi connectivity index (χ2v) is 6.94. The first-order chi connectivity index (χ1) is 11.9. The minimum Gasteiger partial charge on any atom is -0.274 e. The molecule has 0 spiro atoms. The van der Waals surface area contributed by atoms with Crippen molar-refractivity contribution in [2.75, 3.05) is 0 Å². The number of hydrogen-bond acceptors (Lipinski definition) is 4. The van der Waals surface area contributed by atoms with Crippen molar-refractivity contribution in [3.63, 3.8) is 0 Å². The van der Waals surface area contributed by atoms with Gasteiger partial charge in [0.05, 0.1) is 0 Å². The van der Waals surface area contributed by atoms with Crippen LogP contribution in [-0.2, 0) is 32.6 Å². The molecule has 2 amide bonds. The summed E-state index contributed by atoms with van der Waals surface area (Å²) in [6, 6.07) is 18.5. The van der Waals surface area contributed by atoms with Crippen molar-refractivity contribution < 1.29 is 18.0 Å². The molecule has 0 bridgehead atoms. The van der Waals surface area contributed by atoms with Gasteiger partial charge in [0.1, 0.15) is 0 Å². The molecule has 6 nitrogen and oxygen atoms in total. The Hall–Kier alpha value is -2.67. The first-order valence-electron chi connectivity index (χ1n) is 7.89. The molecule has 0 unspecified atom stereocenters. The van der Waals surface area contributed by atoms with Gasteiger partial charge in [-0.25, -0.2) is 9.44 Å². The van der Waals surface area contributed by atoms with Gasteiger partial charge in [0, 0.05) is 12.8 Å². The van der Waals surface area contributed by atoms with Crippen LogP contribution in [0.3, 0.4) is 0 Å². The molecule has 0 atom stereocenters. The summed E-state index contributed by atoms with van der Waals surface area (Å²) in [5.41, 5.74) is 1.86. The number of rotatable bonds is 8. The molecule has 2 rings (SSSR count). The van der Waals surface area contributed by atoms with Crippen LogP contribution >= 0.6 is 0 Å². The smallest absolute Gasteiger partial charge is 0.274 e. The van der Waals surface area contributed by atoms with E-state index in [-0.39, 0.29) is 12.8 Å². The topological polar surface area (TPSA) is 92.3 Å². The Balaban J connectivity index is 1.76. The largest absolute Gasteiger partial charge is 0.325 e. The molecule has 132 valence electrons. The fourth-order valence-electron chi connectivity index (χ4n) is 2.23. The van der Waals surface area contributed by atoms with Gasteiger partial charge in [-0.1, -0.05) is 60.7 Å². The molecule has 2 aromatic carbocycles. The number of nitrogens with one attached hydrogen (secondary N) is 2. The number of aryl methyl sites for hydroxylation is 2. The Morgan fingerprint density at radius 2 is 1.04 bits per heavy atom. The lowest BCUT2D eigenvalue weighted by atomic mass is 10.1. The minimum absolute atomic E-state index is 0.0170. The SMILES string of the molecule is O=C(CCc1ccccc1)NS(=O)(=O)NC(=O)CCc1ccccc1. The second kappa shape index (κ2) is 8.98. The van der Waals surface area contributed by atoms with Gasteiger partial charge >= 0.3 is 10.2 Å². The zero-order chi connectivity index (χ0) is 18.1. The van der Waals surface area contributed by atoms with E-state index in [0.29, 0.717) is 12.8 Å². The van der Waals surface area contributed by atoms with Crippen molar-refractivity contribution in [3.8, 4) is 0 Å². The molecule has 0 saturated carbocycles. The van der Waals surface area contributed by atoms with Crippen LogP contribution in [0.5, 0.6) is 0 Å². The van der Waals surface area contributed by atoms with Gasteiger partial charge < -0.3 is 0 Å². The predicted molar refractivity (Wildman–Crippen MR) is 94.7 cm³/mol. The van der Waals surface area contributed by atoms with Crippen molar-refractivity contribution in [2.24, 2.45) is 0 Å². The number of benzene rings is 2. The lowest BCUT2D eigenvalue weighted by molar-refractivity contribution is -0.119. The Morgan fingerprint density at radius 1 is 0.680 bits per heavy atom. The molecule has 0 aromatic heterocycles. The van der Waals surface area contributed by atoms with Crippen molar-refractivity contribution in [3.05, 3.63) is 71.8 Å². The molecule has 0 aliphatic rings. The standard InChI is InChI=1S/C18H20N2O4S/c21-17(13-11-15-7-3-1-4-8-15)19-25(23,24)20-18(22)14-12-16-9-5-2-6-10-16/h1-10H,11-14H2,(H,19,21)(H,20,22). The predicted octanol–water partition coefficient (Wildman–Crippen LogP) is 1.73. The number of hydrogen-bond donors (Lipinski definition) is 2. The van der Waals surface area contributed by atoms with Crippen LogP contribution < -0.4 is 9.44 Å². The van der Waals surface area contributed by atoms with Crippen LogP contribution in [0.2, 0.25) is 0 Å². The molecule has 25 heavy (non-hydrogen) atoms. The highest BCUT2D eigenvalue weighted by molar-refractivity contribution is 7.88. The van der Waals surface area contributed by atoms with Crippen LogP contribution in [0.25, 0.3) is 0 Å². The molecule has 2 aromatic rings. The van der Waals surface area contributed by atoms with Gasteiger partial charge in [-0.05, 0) is 24.0 Å². The number of amides is 2. The van der Waals surface area contributed by atoms with E-state index in [0.717, 1.165) is 11.1 Å². The van der Waals surface area contributed by atoms with Gasteiger partial charge in [-0.2, -0.15) is 8.42 Å². The van der Waals surface area contributed by atoms with Gasteiger partial charge in [0.2, 0.25) is 11.8 Å². The highest BCUT2D eigenvalue weighted by Crippen LogP contribution is 2.03. The molecule has 7 heteroatoms. The third-order valence-electron chi connectivity index (χ3n) is 3.46. The summed E-state index contributed by atoms with van der Waals surface area (Å²) in [6.45, 7) is 0. The first-order valence-corrected chi connectivity index (χ1v) is 9.37. The zero-order valence-corrected chi connectivity index (χ0v) is 14.5. The quantitative estimate of drug-likeness (QED) is 0.750. The van der Waals surface area contributed by atoms with E-state index < -0.39 is 22.0 Å². The highest BCUT2D eigenvalue weighted by atomic mass is 32.2. The van der Waals surface area contributed by atoms with Crippen molar-refractivity contribution in [1.29, 1.82) is 0 Å². The molecular weight excluding hydrogens is 340 g/mol. The van der Waals surface area contributed by atoms with E-state index in [1.54, 1.807) is 0 Å². The van der Waals surface area contributed by atoms with Crippen molar-refractivity contribution in [1.82, 2.24) is 9.44 Å².